The molecule has 1 saturated heterocycles. The van der Waals surface area contributed by atoms with Crippen LogP contribution in [0.25, 0.3) is 0 Å². The fourth-order valence-corrected chi connectivity index (χ4v) is 0.932. The average molecular weight is 181 g/mol. The van der Waals surface area contributed by atoms with Crippen LogP contribution in [-0.4, -0.2) is 62.0 Å². The van der Waals surface area contributed by atoms with E-state index < -0.39 is 31.1 Å². The number of nitrogens with zero attached hydrogens (tertiary/aromatic N) is 1. The van der Waals surface area contributed by atoms with Crippen molar-refractivity contribution in [1.29, 1.82) is 0 Å². The molecule has 0 spiro atoms. The van der Waals surface area contributed by atoms with Crippen molar-refractivity contribution < 1.29 is 30.5 Å². The normalized spacial score (nSPS) is 44.8. The van der Waals surface area contributed by atoms with E-state index in [1.807, 2.05) is 0 Å². The molecular weight excluding hydrogens is 170 g/mol. The number of rotatable bonds is 1. The zero-order valence-electron chi connectivity index (χ0n) is 6.11. The van der Waals surface area contributed by atoms with Crippen molar-refractivity contribution in [1.82, 2.24) is 5.23 Å². The van der Waals surface area contributed by atoms with Gasteiger partial charge in [0, 0.05) is 0 Å². The number of hydrogen-bond donors (Lipinski definition) is 5. The monoisotopic (exact) mass is 181 g/mol. The fourth-order valence-electron chi connectivity index (χ4n) is 0.932. The van der Waals surface area contributed by atoms with Gasteiger partial charge in [0.25, 0.3) is 0 Å². The molecule has 4 unspecified atom stereocenters. The molecule has 7 nitrogen and oxygen atoms in total. The van der Waals surface area contributed by atoms with Crippen LogP contribution in [0.1, 0.15) is 0 Å². The quantitative estimate of drug-likeness (QED) is 0.293. The number of hydroxylamine groups is 2. The van der Waals surface area contributed by atoms with Crippen molar-refractivity contribution in [2.45, 2.75) is 24.5 Å². The van der Waals surface area contributed by atoms with E-state index in [9.17, 15) is 0 Å². The van der Waals surface area contributed by atoms with Crippen molar-refractivity contribution in [2.75, 3.05) is 6.61 Å². The van der Waals surface area contributed by atoms with Crippen LogP contribution in [0.3, 0.4) is 0 Å². The van der Waals surface area contributed by atoms with Crippen LogP contribution >= 0.6 is 0 Å². The van der Waals surface area contributed by atoms with E-state index in [1.165, 1.54) is 0 Å². The molecule has 0 aromatic carbocycles. The third kappa shape index (κ3) is 1.57. The summed E-state index contributed by atoms with van der Waals surface area (Å²) in [6.45, 7) is -0.567. The van der Waals surface area contributed by atoms with Crippen LogP contribution in [0.5, 0.6) is 0 Å². The Kier molecular flexibility index (Phi) is 2.96. The van der Waals surface area contributed by atoms with Crippen molar-refractivity contribution >= 4 is 0 Å². The van der Waals surface area contributed by atoms with Crippen molar-refractivity contribution in [3.8, 4) is 0 Å². The van der Waals surface area contributed by atoms with E-state index in [0.29, 0.717) is 0 Å². The van der Waals surface area contributed by atoms with E-state index in [-0.39, 0.29) is 5.23 Å². The van der Waals surface area contributed by atoms with E-state index in [0.717, 1.165) is 0 Å². The zero-order chi connectivity index (χ0) is 9.30. The van der Waals surface area contributed by atoms with Gasteiger partial charge in [0.05, 0.1) is 6.61 Å². The van der Waals surface area contributed by atoms with Crippen LogP contribution in [0, 0.1) is 0 Å². The molecule has 0 aromatic heterocycles. The number of aliphatic hydroxyl groups excluding tert-OH is 4. The highest BCUT2D eigenvalue weighted by Crippen LogP contribution is 2.17. The predicted molar refractivity (Wildman–Crippen MR) is 33.6 cm³/mol. The summed E-state index contributed by atoms with van der Waals surface area (Å²) >= 11 is 0. The van der Waals surface area contributed by atoms with Crippen molar-refractivity contribution in [2.24, 2.45) is 0 Å². The Bertz CT molecular complexity index is 150. The van der Waals surface area contributed by atoms with Crippen LogP contribution in [-0.2, 0) is 4.84 Å². The molecule has 0 aliphatic carbocycles. The van der Waals surface area contributed by atoms with Gasteiger partial charge in [0.2, 0.25) is 0 Å². The minimum Gasteiger partial charge on any atom is -0.393 e. The van der Waals surface area contributed by atoms with E-state index in [1.54, 1.807) is 0 Å². The third-order valence-electron chi connectivity index (χ3n) is 1.69. The molecule has 5 N–H and O–H groups in total. The summed E-state index contributed by atoms with van der Waals surface area (Å²) in [4.78, 5) is 4.41. The highest BCUT2D eigenvalue weighted by atomic mass is 16.9. The van der Waals surface area contributed by atoms with E-state index in [4.69, 9.17) is 25.6 Å². The molecule has 0 radical (unpaired) electrons. The predicted octanol–water partition coefficient (Wildman–Crippen LogP) is -2.98. The van der Waals surface area contributed by atoms with Crippen molar-refractivity contribution in [3.63, 3.8) is 0 Å². The Morgan fingerprint density at radius 1 is 1.17 bits per heavy atom. The van der Waals surface area contributed by atoms with E-state index >= 15 is 0 Å². The second kappa shape index (κ2) is 3.62. The standard InChI is InChI=1S/C5H11NO6/c7-1-2-3(8)4(9)5(10)6(11)12-2/h2-5,7-11H,1H2. The Morgan fingerprint density at radius 3 is 2.25 bits per heavy atom. The molecule has 72 valence electrons. The summed E-state index contributed by atoms with van der Waals surface area (Å²) in [7, 11) is 0. The Labute approximate surface area is 67.9 Å². The topological polar surface area (TPSA) is 114 Å². The second-order valence-corrected chi connectivity index (χ2v) is 2.52. The third-order valence-corrected chi connectivity index (χ3v) is 1.69. The molecule has 12 heavy (non-hydrogen) atoms. The Morgan fingerprint density at radius 2 is 1.75 bits per heavy atom. The summed E-state index contributed by atoms with van der Waals surface area (Å²) in [5.74, 6) is 0. The van der Waals surface area contributed by atoms with Gasteiger partial charge in [-0.05, 0) is 5.23 Å². The Hall–Kier alpha value is -0.280. The smallest absolute Gasteiger partial charge is 0.185 e. The zero-order valence-corrected chi connectivity index (χ0v) is 6.11. The van der Waals surface area contributed by atoms with Crippen LogP contribution in [0.2, 0.25) is 0 Å². The molecule has 1 rings (SSSR count). The summed E-state index contributed by atoms with van der Waals surface area (Å²) in [6.07, 6.45) is -5.83. The Balaban J connectivity index is 2.63. The van der Waals surface area contributed by atoms with Crippen LogP contribution < -0.4 is 0 Å². The maximum absolute atomic E-state index is 9.09. The van der Waals surface area contributed by atoms with Gasteiger partial charge in [-0.15, -0.1) is 0 Å². The van der Waals surface area contributed by atoms with Gasteiger partial charge in [-0.25, -0.2) is 0 Å². The molecule has 7 heteroatoms. The lowest BCUT2D eigenvalue weighted by atomic mass is 10.1. The minimum absolute atomic E-state index is 0.00171. The molecule has 1 heterocycles. The van der Waals surface area contributed by atoms with Gasteiger partial charge in [0.1, 0.15) is 18.3 Å². The molecular formula is C5H11NO6. The lowest BCUT2D eigenvalue weighted by Gasteiger charge is -2.37. The maximum atomic E-state index is 9.09. The fraction of sp³-hybridized carbons (Fsp3) is 1.00. The molecule has 4 atom stereocenters. The van der Waals surface area contributed by atoms with Gasteiger partial charge < -0.3 is 20.4 Å². The number of aliphatic hydroxyl groups is 4. The molecule has 0 bridgehead atoms. The first-order valence-corrected chi connectivity index (χ1v) is 3.38. The van der Waals surface area contributed by atoms with E-state index in [2.05, 4.69) is 4.84 Å². The highest BCUT2D eigenvalue weighted by Gasteiger charge is 2.42. The molecule has 0 saturated carbocycles. The lowest BCUT2D eigenvalue weighted by molar-refractivity contribution is -0.460. The maximum Gasteiger partial charge on any atom is 0.185 e. The SMILES string of the molecule is OCC1ON(O)C(O)C(O)C1O. The summed E-state index contributed by atoms with van der Waals surface area (Å²) in [5, 5.41) is 44.3. The first-order valence-electron chi connectivity index (χ1n) is 3.38. The molecule has 0 amide bonds. The average Bonchev–Trinajstić information content (AvgIpc) is 2.08. The largest absolute Gasteiger partial charge is 0.393 e. The molecule has 0 aromatic rings. The number of hydrogen-bond acceptors (Lipinski definition) is 7. The summed E-state index contributed by atoms with van der Waals surface area (Å²) < 4.78 is 0. The lowest BCUT2D eigenvalue weighted by Crippen LogP contribution is -2.59. The van der Waals surface area contributed by atoms with Crippen molar-refractivity contribution in [3.05, 3.63) is 0 Å². The molecule has 1 fully saturated rings. The van der Waals surface area contributed by atoms with Gasteiger partial charge >= 0.3 is 0 Å². The molecule has 1 aliphatic rings. The first-order chi connectivity index (χ1) is 5.57. The minimum atomic E-state index is -1.71. The second-order valence-electron chi connectivity index (χ2n) is 2.52. The van der Waals surface area contributed by atoms with Gasteiger partial charge in [-0.3, -0.25) is 10.0 Å². The van der Waals surface area contributed by atoms with Gasteiger partial charge in [-0.1, -0.05) is 0 Å². The first kappa shape index (κ1) is 9.81. The van der Waals surface area contributed by atoms with Gasteiger partial charge in [0.15, 0.2) is 6.23 Å². The van der Waals surface area contributed by atoms with Crippen LogP contribution in [0.15, 0.2) is 0 Å². The van der Waals surface area contributed by atoms with Gasteiger partial charge in [-0.2, -0.15) is 0 Å². The summed E-state index contributed by atoms with van der Waals surface area (Å²) in [6, 6.07) is 0. The highest BCUT2D eigenvalue weighted by molar-refractivity contribution is 4.82. The molecule has 1 aliphatic heterocycles. The van der Waals surface area contributed by atoms with Crippen LogP contribution in [0.4, 0.5) is 0 Å². The summed E-state index contributed by atoms with van der Waals surface area (Å²) in [5.41, 5.74) is 0.